The SMILES string of the molecule is CC(Oc1ccc(Br)cc1)C(=O)N1CCN(Cc2ccc3c(c2)OCO3)CC1. The maximum absolute atomic E-state index is 12.7. The number of amides is 1. The normalized spacial score (nSPS) is 17.4. The molecule has 2 aliphatic rings. The number of benzene rings is 2. The van der Waals surface area contributed by atoms with Gasteiger partial charge in [0.1, 0.15) is 5.75 Å². The molecule has 2 heterocycles. The van der Waals surface area contributed by atoms with Crippen molar-refractivity contribution in [2.24, 2.45) is 0 Å². The molecule has 1 fully saturated rings. The lowest BCUT2D eigenvalue weighted by Gasteiger charge is -2.35. The molecule has 0 radical (unpaired) electrons. The molecule has 2 aliphatic heterocycles. The van der Waals surface area contributed by atoms with Crippen molar-refractivity contribution in [2.75, 3.05) is 33.0 Å². The fraction of sp³-hybridized carbons (Fsp3) is 0.381. The molecule has 2 aromatic carbocycles. The quantitative estimate of drug-likeness (QED) is 0.705. The van der Waals surface area contributed by atoms with Gasteiger partial charge in [0.25, 0.3) is 5.91 Å². The average Bonchev–Trinajstić information content (AvgIpc) is 3.17. The molecular formula is C21H23BrN2O4. The number of nitrogens with zero attached hydrogens (tertiary/aromatic N) is 2. The third kappa shape index (κ3) is 4.42. The summed E-state index contributed by atoms with van der Waals surface area (Å²) in [5.74, 6) is 2.35. The number of halogens is 1. The van der Waals surface area contributed by atoms with Gasteiger partial charge in [-0.1, -0.05) is 22.0 Å². The van der Waals surface area contributed by atoms with E-state index in [4.69, 9.17) is 14.2 Å². The smallest absolute Gasteiger partial charge is 0.263 e. The van der Waals surface area contributed by atoms with Crippen molar-refractivity contribution in [3.63, 3.8) is 0 Å². The summed E-state index contributed by atoms with van der Waals surface area (Å²) in [6.07, 6.45) is -0.499. The molecule has 1 atom stereocenters. The van der Waals surface area contributed by atoms with Crippen molar-refractivity contribution < 1.29 is 19.0 Å². The second-order valence-electron chi connectivity index (χ2n) is 7.00. The first-order valence-electron chi connectivity index (χ1n) is 9.40. The topological polar surface area (TPSA) is 51.2 Å². The highest BCUT2D eigenvalue weighted by molar-refractivity contribution is 9.10. The van der Waals surface area contributed by atoms with Crippen LogP contribution < -0.4 is 14.2 Å². The molecule has 7 heteroatoms. The fourth-order valence-electron chi connectivity index (χ4n) is 3.45. The molecule has 148 valence electrons. The lowest BCUT2D eigenvalue weighted by Crippen LogP contribution is -2.51. The van der Waals surface area contributed by atoms with Crippen LogP contribution >= 0.6 is 15.9 Å². The molecule has 6 nitrogen and oxygen atoms in total. The largest absolute Gasteiger partial charge is 0.481 e. The van der Waals surface area contributed by atoms with Gasteiger partial charge in [0, 0.05) is 37.2 Å². The van der Waals surface area contributed by atoms with Gasteiger partial charge in [0.15, 0.2) is 17.6 Å². The minimum absolute atomic E-state index is 0.0330. The first-order chi connectivity index (χ1) is 13.6. The van der Waals surface area contributed by atoms with Gasteiger partial charge >= 0.3 is 0 Å². The molecule has 4 rings (SSSR count). The maximum atomic E-state index is 12.7. The minimum atomic E-state index is -0.499. The van der Waals surface area contributed by atoms with E-state index in [-0.39, 0.29) is 5.91 Å². The third-order valence-electron chi connectivity index (χ3n) is 5.00. The second-order valence-corrected chi connectivity index (χ2v) is 7.92. The lowest BCUT2D eigenvalue weighted by molar-refractivity contribution is -0.139. The van der Waals surface area contributed by atoms with Gasteiger partial charge in [0.05, 0.1) is 0 Å². The highest BCUT2D eigenvalue weighted by atomic mass is 79.9. The van der Waals surface area contributed by atoms with E-state index in [1.165, 1.54) is 5.56 Å². The molecule has 0 N–H and O–H groups in total. The zero-order valence-corrected chi connectivity index (χ0v) is 17.4. The second kappa shape index (κ2) is 8.41. The summed E-state index contributed by atoms with van der Waals surface area (Å²) in [5.41, 5.74) is 1.19. The molecule has 0 bridgehead atoms. The molecule has 0 saturated carbocycles. The van der Waals surface area contributed by atoms with Gasteiger partial charge in [-0.15, -0.1) is 0 Å². The summed E-state index contributed by atoms with van der Waals surface area (Å²) in [6.45, 7) is 6.03. The highest BCUT2D eigenvalue weighted by Crippen LogP contribution is 2.32. The Hall–Kier alpha value is -2.25. The van der Waals surface area contributed by atoms with Crippen LogP contribution in [0.3, 0.4) is 0 Å². The number of carbonyl (C=O) groups is 1. The fourth-order valence-corrected chi connectivity index (χ4v) is 3.71. The van der Waals surface area contributed by atoms with Crippen molar-refractivity contribution in [3.8, 4) is 17.2 Å². The average molecular weight is 447 g/mol. The number of rotatable bonds is 5. The number of ether oxygens (including phenoxy) is 3. The van der Waals surface area contributed by atoms with Crippen molar-refractivity contribution in [2.45, 2.75) is 19.6 Å². The van der Waals surface area contributed by atoms with E-state index in [9.17, 15) is 4.79 Å². The lowest BCUT2D eigenvalue weighted by atomic mass is 10.1. The Morgan fingerprint density at radius 1 is 1.07 bits per heavy atom. The van der Waals surface area contributed by atoms with E-state index in [0.717, 1.165) is 35.6 Å². The van der Waals surface area contributed by atoms with Crippen molar-refractivity contribution in [1.29, 1.82) is 0 Å². The van der Waals surface area contributed by atoms with E-state index in [0.29, 0.717) is 25.6 Å². The molecule has 0 spiro atoms. The standard InChI is InChI=1S/C21H23BrN2O4/c1-15(28-18-5-3-17(22)4-6-18)21(25)24-10-8-23(9-11-24)13-16-2-7-19-20(12-16)27-14-26-19/h2-7,12,15H,8-11,13-14H2,1H3. The molecule has 0 aliphatic carbocycles. The molecule has 1 saturated heterocycles. The predicted octanol–water partition coefficient (Wildman–Crippen LogP) is 3.29. The Balaban J connectivity index is 1.27. The van der Waals surface area contributed by atoms with E-state index < -0.39 is 6.10 Å². The van der Waals surface area contributed by atoms with Crippen LogP contribution in [0.2, 0.25) is 0 Å². The Labute approximate surface area is 173 Å². The van der Waals surface area contributed by atoms with Crippen LogP contribution in [0.1, 0.15) is 12.5 Å². The van der Waals surface area contributed by atoms with E-state index >= 15 is 0 Å². The number of hydrogen-bond acceptors (Lipinski definition) is 5. The number of piperazine rings is 1. The summed E-state index contributed by atoms with van der Waals surface area (Å²) >= 11 is 3.40. The van der Waals surface area contributed by atoms with Crippen LogP contribution in [0.25, 0.3) is 0 Å². The van der Waals surface area contributed by atoms with E-state index in [2.05, 4.69) is 26.9 Å². The van der Waals surface area contributed by atoms with E-state index in [1.807, 2.05) is 48.2 Å². The molecule has 1 unspecified atom stereocenters. The predicted molar refractivity (Wildman–Crippen MR) is 109 cm³/mol. The number of hydrogen-bond donors (Lipinski definition) is 0. The molecule has 0 aromatic heterocycles. The molecule has 1 amide bonds. The molecule has 28 heavy (non-hydrogen) atoms. The maximum Gasteiger partial charge on any atom is 0.263 e. The Morgan fingerprint density at radius 3 is 2.54 bits per heavy atom. The summed E-state index contributed by atoms with van der Waals surface area (Å²) in [6, 6.07) is 13.6. The van der Waals surface area contributed by atoms with Gasteiger partial charge in [-0.3, -0.25) is 9.69 Å². The minimum Gasteiger partial charge on any atom is -0.481 e. The van der Waals surface area contributed by atoms with Crippen LogP contribution in [-0.2, 0) is 11.3 Å². The highest BCUT2D eigenvalue weighted by Gasteiger charge is 2.26. The Kier molecular flexibility index (Phi) is 5.73. The van der Waals surface area contributed by atoms with Crippen LogP contribution in [0.15, 0.2) is 46.9 Å². The van der Waals surface area contributed by atoms with E-state index in [1.54, 1.807) is 0 Å². The summed E-state index contributed by atoms with van der Waals surface area (Å²) in [4.78, 5) is 16.9. The van der Waals surface area contributed by atoms with Gasteiger partial charge in [0.2, 0.25) is 6.79 Å². The number of carbonyl (C=O) groups excluding carboxylic acids is 1. The summed E-state index contributed by atoms with van der Waals surface area (Å²) < 4.78 is 17.6. The van der Waals surface area contributed by atoms with Gasteiger partial charge < -0.3 is 19.1 Å². The number of fused-ring (bicyclic) bond motifs is 1. The van der Waals surface area contributed by atoms with Crippen LogP contribution in [0.4, 0.5) is 0 Å². The first-order valence-corrected chi connectivity index (χ1v) is 10.2. The molecule has 2 aromatic rings. The van der Waals surface area contributed by atoms with Crippen LogP contribution in [0.5, 0.6) is 17.2 Å². The molecular weight excluding hydrogens is 424 g/mol. The van der Waals surface area contributed by atoms with Crippen molar-refractivity contribution in [3.05, 3.63) is 52.5 Å². The third-order valence-corrected chi connectivity index (χ3v) is 5.53. The van der Waals surface area contributed by atoms with Gasteiger partial charge in [-0.2, -0.15) is 0 Å². The zero-order valence-electron chi connectivity index (χ0n) is 15.8. The monoisotopic (exact) mass is 446 g/mol. The zero-order chi connectivity index (χ0) is 19.5. The van der Waals surface area contributed by atoms with Crippen molar-refractivity contribution in [1.82, 2.24) is 9.80 Å². The Morgan fingerprint density at radius 2 is 1.79 bits per heavy atom. The first kappa shape index (κ1) is 19.1. The van der Waals surface area contributed by atoms with Gasteiger partial charge in [-0.05, 0) is 48.9 Å². The van der Waals surface area contributed by atoms with Crippen LogP contribution in [0, 0.1) is 0 Å². The Bertz CT molecular complexity index is 835. The summed E-state index contributed by atoms with van der Waals surface area (Å²) in [7, 11) is 0. The van der Waals surface area contributed by atoms with Gasteiger partial charge in [-0.25, -0.2) is 0 Å². The van der Waals surface area contributed by atoms with Crippen molar-refractivity contribution >= 4 is 21.8 Å². The summed E-state index contributed by atoms with van der Waals surface area (Å²) in [5, 5.41) is 0. The van der Waals surface area contributed by atoms with Crippen LogP contribution in [-0.4, -0.2) is 54.8 Å².